The van der Waals surface area contributed by atoms with E-state index in [9.17, 15) is 14.4 Å². The van der Waals surface area contributed by atoms with Crippen LogP contribution >= 0.6 is 0 Å². The number of esters is 1. The normalized spacial score (nSPS) is 23.2. The van der Waals surface area contributed by atoms with Crippen LogP contribution in [0.5, 0.6) is 0 Å². The van der Waals surface area contributed by atoms with E-state index >= 15 is 0 Å². The first-order chi connectivity index (χ1) is 15.8. The zero-order valence-electron chi connectivity index (χ0n) is 19.1. The molecule has 33 heavy (non-hydrogen) atoms. The summed E-state index contributed by atoms with van der Waals surface area (Å²) in [6.07, 6.45) is -0.563. The van der Waals surface area contributed by atoms with Crippen molar-refractivity contribution in [3.63, 3.8) is 0 Å². The first-order valence-electron chi connectivity index (χ1n) is 11.1. The van der Waals surface area contributed by atoms with Gasteiger partial charge in [-0.05, 0) is 12.5 Å². The predicted molar refractivity (Wildman–Crippen MR) is 122 cm³/mol. The molecule has 2 saturated heterocycles. The van der Waals surface area contributed by atoms with E-state index in [2.05, 4.69) is 21.7 Å². The Morgan fingerprint density at radius 1 is 1.15 bits per heavy atom. The Morgan fingerprint density at radius 2 is 1.85 bits per heavy atom. The number of likely N-dealkylation sites (N-methyl/N-ethyl adjacent to an activating group) is 1. The van der Waals surface area contributed by atoms with Gasteiger partial charge in [-0.1, -0.05) is 42.5 Å². The average Bonchev–Trinajstić information content (AvgIpc) is 3.16. The fraction of sp³-hybridized carbons (Fsp3) is 0.478. The quantitative estimate of drug-likeness (QED) is 0.493. The molecule has 1 aromatic rings. The molecule has 4 rings (SSSR count). The molecule has 2 atom stereocenters. The molecule has 0 aromatic heterocycles. The summed E-state index contributed by atoms with van der Waals surface area (Å²) >= 11 is 0. The molecule has 2 fully saturated rings. The van der Waals surface area contributed by atoms with Crippen molar-refractivity contribution >= 4 is 23.9 Å². The number of aliphatic imine (C=N–C) groups is 1. The van der Waals surface area contributed by atoms with E-state index in [-0.39, 0.29) is 25.0 Å². The molecule has 10 heteroatoms. The highest BCUT2D eigenvalue weighted by molar-refractivity contribution is 6.03. The fourth-order valence-electron chi connectivity index (χ4n) is 4.31. The molecule has 0 saturated carbocycles. The molecule has 0 bridgehead atoms. The zero-order valence-corrected chi connectivity index (χ0v) is 19.1. The molecular weight excluding hydrogens is 424 g/mol. The van der Waals surface area contributed by atoms with E-state index in [1.807, 2.05) is 42.2 Å². The number of amides is 3. The smallest absolute Gasteiger partial charge is 0.325 e. The number of guanidine groups is 1. The molecule has 3 aliphatic heterocycles. The Labute approximate surface area is 193 Å². The molecule has 3 aliphatic rings. The van der Waals surface area contributed by atoms with E-state index in [1.54, 1.807) is 7.05 Å². The van der Waals surface area contributed by atoms with Gasteiger partial charge in [-0.15, -0.1) is 0 Å². The third-order valence-electron chi connectivity index (χ3n) is 6.03. The molecular formula is C23H30N6O4. The van der Waals surface area contributed by atoms with Gasteiger partial charge >= 0.3 is 12.0 Å². The summed E-state index contributed by atoms with van der Waals surface area (Å²) in [5, 5.41) is 2.40. The van der Waals surface area contributed by atoms with E-state index in [0.29, 0.717) is 38.7 Å². The van der Waals surface area contributed by atoms with Crippen LogP contribution in [0.1, 0.15) is 12.5 Å². The Morgan fingerprint density at radius 3 is 2.52 bits per heavy atom. The highest BCUT2D eigenvalue weighted by Gasteiger charge is 2.49. The van der Waals surface area contributed by atoms with Crippen LogP contribution in [0, 0.1) is 0 Å². The minimum Gasteiger partial charge on any atom is -0.460 e. The van der Waals surface area contributed by atoms with Gasteiger partial charge in [0.1, 0.15) is 6.61 Å². The Balaban J connectivity index is 1.35. The number of carbonyl (C=O) groups is 3. The van der Waals surface area contributed by atoms with Crippen LogP contribution in [0.3, 0.4) is 0 Å². The summed E-state index contributed by atoms with van der Waals surface area (Å²) in [4.78, 5) is 49.3. The number of benzene rings is 1. The van der Waals surface area contributed by atoms with Crippen molar-refractivity contribution in [1.82, 2.24) is 24.9 Å². The van der Waals surface area contributed by atoms with Crippen LogP contribution in [0.4, 0.5) is 4.79 Å². The third kappa shape index (κ3) is 5.00. The summed E-state index contributed by atoms with van der Waals surface area (Å²) in [7, 11) is 1.64. The van der Waals surface area contributed by atoms with Gasteiger partial charge in [0, 0.05) is 39.8 Å². The maximum atomic E-state index is 12.6. The molecule has 0 radical (unpaired) electrons. The number of imide groups is 1. The second-order valence-corrected chi connectivity index (χ2v) is 8.69. The van der Waals surface area contributed by atoms with Gasteiger partial charge in [-0.3, -0.25) is 19.8 Å². The largest absolute Gasteiger partial charge is 0.460 e. The minimum absolute atomic E-state index is 0.230. The first kappa shape index (κ1) is 22.8. The maximum absolute atomic E-state index is 12.6. The monoisotopic (exact) mass is 454 g/mol. The topological polar surface area (TPSA) is 97.8 Å². The van der Waals surface area contributed by atoms with Crippen molar-refractivity contribution in [3.8, 4) is 0 Å². The van der Waals surface area contributed by atoms with Crippen molar-refractivity contribution in [2.45, 2.75) is 25.7 Å². The number of ether oxygens (including phenoxy) is 1. The third-order valence-corrected chi connectivity index (χ3v) is 6.03. The summed E-state index contributed by atoms with van der Waals surface area (Å²) in [5.41, 5.74) is 1.86. The lowest BCUT2D eigenvalue weighted by Crippen LogP contribution is -2.64. The van der Waals surface area contributed by atoms with E-state index in [1.165, 1.54) is 4.90 Å². The Bertz CT molecular complexity index is 957. The number of fused-ring (bicyclic) bond motifs is 1. The molecule has 3 amide bonds. The van der Waals surface area contributed by atoms with E-state index < -0.39 is 18.2 Å². The molecule has 0 aliphatic carbocycles. The van der Waals surface area contributed by atoms with Gasteiger partial charge < -0.3 is 19.4 Å². The van der Waals surface area contributed by atoms with Gasteiger partial charge in [-0.2, -0.15) is 0 Å². The van der Waals surface area contributed by atoms with Crippen LogP contribution in [-0.4, -0.2) is 102 Å². The maximum Gasteiger partial charge on any atom is 0.325 e. The molecule has 3 heterocycles. The lowest BCUT2D eigenvalue weighted by atomic mass is 10.1. The van der Waals surface area contributed by atoms with Gasteiger partial charge in [-0.25, -0.2) is 9.79 Å². The minimum atomic E-state index is -0.578. The number of nitrogens with one attached hydrogen (secondary N) is 1. The van der Waals surface area contributed by atoms with Crippen molar-refractivity contribution in [2.75, 3.05) is 46.3 Å². The van der Waals surface area contributed by atoms with Crippen LogP contribution in [0.2, 0.25) is 0 Å². The van der Waals surface area contributed by atoms with Crippen LogP contribution in [0.15, 0.2) is 47.5 Å². The zero-order chi connectivity index (χ0) is 23.5. The van der Waals surface area contributed by atoms with E-state index in [4.69, 9.17) is 9.73 Å². The second kappa shape index (κ2) is 9.62. The number of hydrogen-bond donors (Lipinski definition) is 1. The molecule has 1 N–H and O–H groups in total. The molecule has 176 valence electrons. The summed E-state index contributed by atoms with van der Waals surface area (Å²) in [5.74, 6) is 0.0937. The summed E-state index contributed by atoms with van der Waals surface area (Å²) in [6.45, 7) is 9.49. The number of nitrogens with zero attached hydrogens (tertiary/aromatic N) is 5. The standard InChI is InChI=1S/C23H30N6O4/c1-16(2)13-29-19-20(26(3)23(32)25-21(19)31)24-22(29)28-11-9-27(10-12-28)14-18(30)33-15-17-7-5-4-6-8-17/h4-8,19-20H,1,9-15H2,2-3H3,(H,25,31,32). The number of piperazine rings is 1. The lowest BCUT2D eigenvalue weighted by Gasteiger charge is -2.40. The van der Waals surface area contributed by atoms with Crippen molar-refractivity contribution in [1.29, 1.82) is 0 Å². The van der Waals surface area contributed by atoms with Gasteiger partial charge in [0.05, 0.1) is 6.54 Å². The molecule has 2 unspecified atom stereocenters. The number of urea groups is 1. The second-order valence-electron chi connectivity index (χ2n) is 8.69. The van der Waals surface area contributed by atoms with Gasteiger partial charge in [0.2, 0.25) is 0 Å². The summed E-state index contributed by atoms with van der Waals surface area (Å²) in [6, 6.07) is 8.58. The van der Waals surface area contributed by atoms with Gasteiger partial charge in [0.25, 0.3) is 5.91 Å². The Kier molecular flexibility index (Phi) is 6.64. The van der Waals surface area contributed by atoms with Crippen LogP contribution in [-0.2, 0) is 20.9 Å². The number of hydrogen-bond acceptors (Lipinski definition) is 8. The predicted octanol–water partition coefficient (Wildman–Crippen LogP) is 0.471. The van der Waals surface area contributed by atoms with E-state index in [0.717, 1.165) is 11.1 Å². The average molecular weight is 455 g/mol. The van der Waals surface area contributed by atoms with Crippen LogP contribution < -0.4 is 5.32 Å². The fourth-order valence-corrected chi connectivity index (χ4v) is 4.31. The molecule has 1 aromatic carbocycles. The SMILES string of the molecule is C=C(C)CN1C(N2CCN(CC(=O)OCc3ccccc3)CC2)=NC2C1C(=O)NC(=O)N2C. The van der Waals surface area contributed by atoms with Gasteiger partial charge in [0.15, 0.2) is 18.2 Å². The van der Waals surface area contributed by atoms with Crippen molar-refractivity contribution < 1.29 is 19.1 Å². The number of rotatable bonds is 6. The van der Waals surface area contributed by atoms with Crippen molar-refractivity contribution in [2.24, 2.45) is 4.99 Å². The van der Waals surface area contributed by atoms with Crippen molar-refractivity contribution in [3.05, 3.63) is 48.0 Å². The lowest BCUT2D eigenvalue weighted by molar-refractivity contribution is -0.146. The first-order valence-corrected chi connectivity index (χ1v) is 11.1. The summed E-state index contributed by atoms with van der Waals surface area (Å²) < 4.78 is 5.40. The molecule has 10 nitrogen and oxygen atoms in total. The van der Waals surface area contributed by atoms with Crippen LogP contribution in [0.25, 0.3) is 0 Å². The Hall–Kier alpha value is -3.40. The molecule has 0 spiro atoms. The highest BCUT2D eigenvalue weighted by Crippen LogP contribution is 2.26. The number of carbonyl (C=O) groups excluding carboxylic acids is 3. The highest BCUT2D eigenvalue weighted by atomic mass is 16.5.